The molecule has 3 rings (SSSR count). The number of hydrogen-bond donors (Lipinski definition) is 1. The van der Waals surface area contributed by atoms with E-state index in [1.54, 1.807) is 6.07 Å². The third-order valence-electron chi connectivity index (χ3n) is 3.93. The molecule has 0 aliphatic heterocycles. The van der Waals surface area contributed by atoms with Gasteiger partial charge in [0.1, 0.15) is 0 Å². The van der Waals surface area contributed by atoms with Crippen molar-refractivity contribution in [1.82, 2.24) is 0 Å². The fraction of sp³-hybridized carbons (Fsp3) is 0.222. The van der Waals surface area contributed by atoms with Crippen molar-refractivity contribution in [2.45, 2.75) is 19.0 Å². The van der Waals surface area contributed by atoms with Crippen molar-refractivity contribution in [3.05, 3.63) is 76.4 Å². The fourth-order valence-corrected chi connectivity index (χ4v) is 2.89. The van der Waals surface area contributed by atoms with Gasteiger partial charge in [-0.3, -0.25) is 0 Å². The molecular weight excluding hydrogens is 287 g/mol. The van der Waals surface area contributed by atoms with Gasteiger partial charge in [-0.05, 0) is 59.3 Å². The summed E-state index contributed by atoms with van der Waals surface area (Å²) in [5, 5.41) is 0. The third kappa shape index (κ3) is 2.66. The lowest BCUT2D eigenvalue weighted by Crippen LogP contribution is -2.11. The monoisotopic (exact) mass is 303 g/mol. The lowest BCUT2D eigenvalue weighted by molar-refractivity contribution is -0.137. The highest BCUT2D eigenvalue weighted by atomic mass is 19.4. The number of nitrogens with two attached hydrogens (primary N) is 1. The fourth-order valence-electron chi connectivity index (χ4n) is 2.89. The van der Waals surface area contributed by atoms with E-state index in [0.717, 1.165) is 28.3 Å². The Morgan fingerprint density at radius 3 is 2.45 bits per heavy atom. The standard InChI is InChI=1S/C18H16F3N/c19-18(20,21)14-8-7-13-10-12-4-1-2-5-15(12)16(6-3-9-22)17(13)11-14/h1-2,4-8,11H,3,9-10,22H2/b16-6-. The van der Waals surface area contributed by atoms with Gasteiger partial charge in [-0.25, -0.2) is 0 Å². The maximum absolute atomic E-state index is 13.0. The number of halogens is 3. The molecule has 0 fully saturated rings. The van der Waals surface area contributed by atoms with E-state index in [0.29, 0.717) is 24.9 Å². The first kappa shape index (κ1) is 14.9. The highest BCUT2D eigenvalue weighted by Crippen LogP contribution is 2.39. The molecule has 0 saturated carbocycles. The maximum Gasteiger partial charge on any atom is 0.416 e. The Morgan fingerprint density at radius 1 is 1.00 bits per heavy atom. The van der Waals surface area contributed by atoms with Crippen molar-refractivity contribution in [1.29, 1.82) is 0 Å². The molecule has 0 radical (unpaired) electrons. The molecule has 0 aromatic heterocycles. The summed E-state index contributed by atoms with van der Waals surface area (Å²) in [6, 6.07) is 11.8. The molecular formula is C18H16F3N. The molecule has 1 aliphatic carbocycles. The van der Waals surface area contributed by atoms with E-state index in [2.05, 4.69) is 0 Å². The summed E-state index contributed by atoms with van der Waals surface area (Å²) in [6.45, 7) is 0.472. The summed E-state index contributed by atoms with van der Waals surface area (Å²) < 4.78 is 39.0. The summed E-state index contributed by atoms with van der Waals surface area (Å²) >= 11 is 0. The second kappa shape index (κ2) is 5.61. The molecule has 1 nitrogen and oxygen atoms in total. The molecule has 0 saturated heterocycles. The van der Waals surface area contributed by atoms with Crippen LogP contribution >= 0.6 is 0 Å². The van der Waals surface area contributed by atoms with Crippen molar-refractivity contribution < 1.29 is 13.2 Å². The normalized spacial score (nSPS) is 15.5. The summed E-state index contributed by atoms with van der Waals surface area (Å²) in [7, 11) is 0. The molecule has 4 heteroatoms. The Labute approximate surface area is 127 Å². The van der Waals surface area contributed by atoms with Gasteiger partial charge in [0.25, 0.3) is 0 Å². The first-order valence-corrected chi connectivity index (χ1v) is 7.19. The molecule has 0 bridgehead atoms. The van der Waals surface area contributed by atoms with Crippen LogP contribution < -0.4 is 5.73 Å². The quantitative estimate of drug-likeness (QED) is 0.746. The number of benzene rings is 2. The van der Waals surface area contributed by atoms with Crippen LogP contribution in [0.2, 0.25) is 0 Å². The van der Waals surface area contributed by atoms with Crippen LogP contribution in [0.4, 0.5) is 13.2 Å². The van der Waals surface area contributed by atoms with E-state index in [1.165, 1.54) is 6.07 Å². The summed E-state index contributed by atoms with van der Waals surface area (Å²) in [5.74, 6) is 0. The summed E-state index contributed by atoms with van der Waals surface area (Å²) in [6.07, 6.45) is -1.09. The van der Waals surface area contributed by atoms with Gasteiger partial charge >= 0.3 is 6.18 Å². The molecule has 0 spiro atoms. The predicted molar refractivity (Wildman–Crippen MR) is 81.4 cm³/mol. The zero-order valence-electron chi connectivity index (χ0n) is 12.0. The van der Waals surface area contributed by atoms with Crippen LogP contribution in [-0.2, 0) is 12.6 Å². The lowest BCUT2D eigenvalue weighted by Gasteiger charge is -2.24. The molecule has 114 valence electrons. The van der Waals surface area contributed by atoms with Crippen LogP contribution in [0, 0.1) is 0 Å². The van der Waals surface area contributed by atoms with Gasteiger partial charge in [0.15, 0.2) is 0 Å². The average Bonchev–Trinajstić information content (AvgIpc) is 2.50. The Hall–Kier alpha value is -2.07. The van der Waals surface area contributed by atoms with Gasteiger partial charge in [-0.1, -0.05) is 36.4 Å². The number of hydrogen-bond acceptors (Lipinski definition) is 1. The molecule has 22 heavy (non-hydrogen) atoms. The molecule has 0 unspecified atom stereocenters. The largest absolute Gasteiger partial charge is 0.416 e. The topological polar surface area (TPSA) is 26.0 Å². The van der Waals surface area contributed by atoms with Crippen molar-refractivity contribution in [3.8, 4) is 0 Å². The highest BCUT2D eigenvalue weighted by molar-refractivity contribution is 5.86. The number of rotatable bonds is 2. The second-order valence-electron chi connectivity index (χ2n) is 5.40. The molecule has 2 N–H and O–H groups in total. The Bertz CT molecular complexity index is 729. The van der Waals surface area contributed by atoms with Gasteiger partial charge in [-0.15, -0.1) is 0 Å². The van der Waals surface area contributed by atoms with E-state index in [4.69, 9.17) is 5.73 Å². The van der Waals surface area contributed by atoms with Crippen molar-refractivity contribution in [2.75, 3.05) is 6.54 Å². The minimum atomic E-state index is -4.33. The molecule has 1 aliphatic rings. The van der Waals surface area contributed by atoms with Crippen molar-refractivity contribution in [2.24, 2.45) is 5.73 Å². The van der Waals surface area contributed by atoms with E-state index in [-0.39, 0.29) is 0 Å². The first-order chi connectivity index (χ1) is 10.5. The number of alkyl halides is 3. The minimum absolute atomic E-state index is 0.472. The van der Waals surface area contributed by atoms with Crippen LogP contribution in [0.3, 0.4) is 0 Å². The van der Waals surface area contributed by atoms with Crippen molar-refractivity contribution in [3.63, 3.8) is 0 Å². The first-order valence-electron chi connectivity index (χ1n) is 7.19. The highest BCUT2D eigenvalue weighted by Gasteiger charge is 2.32. The Kier molecular flexibility index (Phi) is 3.79. The van der Waals surface area contributed by atoms with E-state index in [1.807, 2.05) is 30.3 Å². The molecule has 2 aromatic rings. The van der Waals surface area contributed by atoms with Gasteiger partial charge in [0.2, 0.25) is 0 Å². The summed E-state index contributed by atoms with van der Waals surface area (Å²) in [4.78, 5) is 0. The van der Waals surface area contributed by atoms with Crippen molar-refractivity contribution >= 4 is 5.57 Å². The lowest BCUT2D eigenvalue weighted by atomic mass is 9.81. The SMILES string of the molecule is NCC/C=C1/c2ccccc2Cc2ccc(C(F)(F)F)cc21. The van der Waals surface area contributed by atoms with Gasteiger partial charge in [-0.2, -0.15) is 13.2 Å². The predicted octanol–water partition coefficient (Wildman–Crippen LogP) is 4.39. The third-order valence-corrected chi connectivity index (χ3v) is 3.93. The zero-order chi connectivity index (χ0) is 15.7. The van der Waals surface area contributed by atoms with E-state index < -0.39 is 11.7 Å². The summed E-state index contributed by atoms with van der Waals surface area (Å²) in [5.41, 5.74) is 9.54. The van der Waals surface area contributed by atoms with Gasteiger partial charge in [0.05, 0.1) is 5.56 Å². The molecule has 2 aromatic carbocycles. The Morgan fingerprint density at radius 2 is 1.73 bits per heavy atom. The van der Waals surface area contributed by atoms with Crippen LogP contribution in [0.25, 0.3) is 5.57 Å². The van der Waals surface area contributed by atoms with Gasteiger partial charge in [0, 0.05) is 0 Å². The van der Waals surface area contributed by atoms with Gasteiger partial charge < -0.3 is 5.73 Å². The molecule has 0 atom stereocenters. The smallest absolute Gasteiger partial charge is 0.330 e. The van der Waals surface area contributed by atoms with Crippen LogP contribution in [-0.4, -0.2) is 6.54 Å². The molecule has 0 amide bonds. The van der Waals surface area contributed by atoms with E-state index in [9.17, 15) is 13.2 Å². The zero-order valence-corrected chi connectivity index (χ0v) is 12.0. The Balaban J connectivity index is 2.17. The second-order valence-corrected chi connectivity index (χ2v) is 5.40. The van der Waals surface area contributed by atoms with Crippen LogP contribution in [0.15, 0.2) is 48.5 Å². The van der Waals surface area contributed by atoms with Crippen LogP contribution in [0.5, 0.6) is 0 Å². The van der Waals surface area contributed by atoms with E-state index >= 15 is 0 Å². The average molecular weight is 303 g/mol. The number of fused-ring (bicyclic) bond motifs is 2. The minimum Gasteiger partial charge on any atom is -0.330 e. The maximum atomic E-state index is 13.0. The van der Waals surface area contributed by atoms with Crippen LogP contribution in [0.1, 0.15) is 34.2 Å². The molecule has 0 heterocycles.